The Morgan fingerprint density at radius 3 is 2.38 bits per heavy atom. The van der Waals surface area contributed by atoms with E-state index in [4.69, 9.17) is 49.6 Å². The van der Waals surface area contributed by atoms with Crippen LogP contribution in [0.1, 0.15) is 60.6 Å². The van der Waals surface area contributed by atoms with Gasteiger partial charge in [0.15, 0.2) is 5.96 Å². The van der Waals surface area contributed by atoms with Gasteiger partial charge in [-0.1, -0.05) is 49.2 Å². The molecule has 0 saturated carbocycles. The number of ether oxygens (including phenoxy) is 1. The first-order valence-corrected chi connectivity index (χ1v) is 16.2. The van der Waals surface area contributed by atoms with Crippen LogP contribution in [0.3, 0.4) is 0 Å². The van der Waals surface area contributed by atoms with E-state index >= 15 is 0 Å². The van der Waals surface area contributed by atoms with Crippen molar-refractivity contribution in [1.82, 2.24) is 20.0 Å². The van der Waals surface area contributed by atoms with E-state index in [0.29, 0.717) is 54.6 Å². The molecular formula is C33H41Cl2N7O5. The number of aliphatic imine (C=N–C) groups is 1. The second kappa shape index (κ2) is 16.0. The number of benzene rings is 2. The molecule has 1 fully saturated rings. The highest BCUT2D eigenvalue weighted by molar-refractivity contribution is 6.44. The number of likely N-dealkylation sites (tertiary alicyclic amines) is 1. The summed E-state index contributed by atoms with van der Waals surface area (Å²) in [5, 5.41) is 17.1. The molecule has 1 aliphatic heterocycles. The molecule has 0 spiro atoms. The molecule has 4 rings (SSSR count). The zero-order valence-electron chi connectivity index (χ0n) is 26.7. The Kier molecular flexibility index (Phi) is 12.1. The normalized spacial score (nSPS) is 14.1. The fourth-order valence-electron chi connectivity index (χ4n) is 5.59. The number of nitrogens with one attached hydrogen (secondary N) is 1. The second-order valence-electron chi connectivity index (χ2n) is 12.0. The Morgan fingerprint density at radius 2 is 1.77 bits per heavy atom. The summed E-state index contributed by atoms with van der Waals surface area (Å²) in [6.45, 7) is 5.25. The lowest BCUT2D eigenvalue weighted by Crippen LogP contribution is -2.46. The van der Waals surface area contributed by atoms with Crippen LogP contribution in [0, 0.1) is 5.92 Å². The fourth-order valence-corrected chi connectivity index (χ4v) is 6.06. The Bertz CT molecular complexity index is 1610. The third kappa shape index (κ3) is 9.39. The Morgan fingerprint density at radius 1 is 1.09 bits per heavy atom. The fraction of sp³-hybridized carbons (Fsp3) is 0.424. The molecule has 1 aromatic heterocycles. The van der Waals surface area contributed by atoms with Gasteiger partial charge in [0.1, 0.15) is 16.8 Å². The van der Waals surface area contributed by atoms with Gasteiger partial charge in [0.2, 0.25) is 11.8 Å². The number of carbonyl (C=O) groups excluding carboxylic acids is 2. The van der Waals surface area contributed by atoms with Gasteiger partial charge in [0.05, 0.1) is 29.4 Å². The van der Waals surface area contributed by atoms with Crippen molar-refractivity contribution in [2.75, 3.05) is 26.2 Å². The largest absolute Gasteiger partial charge is 0.492 e. The van der Waals surface area contributed by atoms with Crippen molar-refractivity contribution in [3.8, 4) is 17.0 Å². The van der Waals surface area contributed by atoms with Crippen molar-refractivity contribution < 1.29 is 24.2 Å². The van der Waals surface area contributed by atoms with Gasteiger partial charge in [0.25, 0.3) is 0 Å². The summed E-state index contributed by atoms with van der Waals surface area (Å²) in [6.07, 6.45) is 2.52. The van der Waals surface area contributed by atoms with Crippen LogP contribution in [-0.4, -0.2) is 75.8 Å². The zero-order chi connectivity index (χ0) is 34.2. The number of halogens is 2. The highest BCUT2D eigenvalue weighted by atomic mass is 35.5. The molecule has 6 N–H and O–H groups in total. The topological polar surface area (TPSA) is 178 Å². The molecule has 252 valence electrons. The second-order valence-corrected chi connectivity index (χ2v) is 12.7. The van der Waals surface area contributed by atoms with Crippen LogP contribution >= 0.6 is 23.2 Å². The molecule has 47 heavy (non-hydrogen) atoms. The summed E-state index contributed by atoms with van der Waals surface area (Å²) in [6, 6.07) is 11.5. The third-order valence-corrected chi connectivity index (χ3v) is 8.93. The van der Waals surface area contributed by atoms with Crippen molar-refractivity contribution in [1.29, 1.82) is 0 Å². The SMILES string of the molecule is CC(C)CC(N=C(N)N)C(=O)NCC(=O)N1CCC(c2cc(-c3ccc(OCCc4ccc(C(=O)O)cc4)c(Cl)c3Cl)nn2C)CC1. The summed E-state index contributed by atoms with van der Waals surface area (Å²) in [5.41, 5.74) is 14.5. The smallest absolute Gasteiger partial charge is 0.335 e. The van der Waals surface area contributed by atoms with E-state index < -0.39 is 12.0 Å². The van der Waals surface area contributed by atoms with Crippen LogP contribution < -0.4 is 21.5 Å². The van der Waals surface area contributed by atoms with Crippen LogP contribution in [0.15, 0.2) is 47.5 Å². The average Bonchev–Trinajstić information content (AvgIpc) is 3.42. The van der Waals surface area contributed by atoms with Gasteiger partial charge in [-0.2, -0.15) is 5.10 Å². The summed E-state index contributed by atoms with van der Waals surface area (Å²) in [7, 11) is 1.88. The van der Waals surface area contributed by atoms with Gasteiger partial charge in [-0.25, -0.2) is 9.79 Å². The molecule has 2 amide bonds. The predicted molar refractivity (Wildman–Crippen MR) is 182 cm³/mol. The number of nitrogens with two attached hydrogens (primary N) is 2. The van der Waals surface area contributed by atoms with Crippen LogP contribution in [0.5, 0.6) is 5.75 Å². The van der Waals surface area contributed by atoms with E-state index in [1.54, 1.807) is 35.2 Å². The number of carbonyl (C=O) groups is 3. The Balaban J connectivity index is 1.32. The molecule has 1 unspecified atom stereocenters. The minimum absolute atomic E-state index is 0.118. The minimum Gasteiger partial charge on any atom is -0.492 e. The average molecular weight is 687 g/mol. The van der Waals surface area contributed by atoms with Gasteiger partial charge in [0, 0.05) is 43.7 Å². The first-order valence-electron chi connectivity index (χ1n) is 15.5. The molecule has 2 aromatic carbocycles. The highest BCUT2D eigenvalue weighted by Crippen LogP contribution is 2.40. The van der Waals surface area contributed by atoms with E-state index in [1.807, 2.05) is 37.7 Å². The van der Waals surface area contributed by atoms with Crippen molar-refractivity contribution in [3.63, 3.8) is 0 Å². The molecule has 3 aromatic rings. The van der Waals surface area contributed by atoms with E-state index in [-0.39, 0.29) is 46.7 Å². The van der Waals surface area contributed by atoms with Gasteiger partial charge >= 0.3 is 5.97 Å². The summed E-state index contributed by atoms with van der Waals surface area (Å²) in [4.78, 5) is 42.4. The Labute approximate surface area is 284 Å². The van der Waals surface area contributed by atoms with Gasteiger partial charge in [-0.3, -0.25) is 14.3 Å². The first-order chi connectivity index (χ1) is 22.3. The number of carboxylic acid groups (broad SMARTS) is 1. The summed E-state index contributed by atoms with van der Waals surface area (Å²) in [5.74, 6) is -0.839. The van der Waals surface area contributed by atoms with Crippen molar-refractivity contribution in [3.05, 3.63) is 69.3 Å². The minimum atomic E-state index is -0.969. The van der Waals surface area contributed by atoms with E-state index in [0.717, 1.165) is 24.1 Å². The Hall–Kier alpha value is -4.29. The number of aromatic carboxylic acids is 1. The number of rotatable bonds is 13. The predicted octanol–water partition coefficient (Wildman–Crippen LogP) is 4.22. The van der Waals surface area contributed by atoms with Crippen LogP contribution in [-0.2, 0) is 23.1 Å². The zero-order valence-corrected chi connectivity index (χ0v) is 28.2. The van der Waals surface area contributed by atoms with E-state index in [1.165, 1.54) is 0 Å². The standard InChI is InChI=1S/C33H41Cl2N7O5/c1-19(2)16-25(39-33(36)37)31(44)38-18-28(43)42-13-10-21(11-14-42)26-17-24(40-41(26)3)23-8-9-27(30(35)29(23)34)47-15-12-20-4-6-22(7-5-20)32(45)46/h4-9,17,19,21,25H,10-16,18H2,1-3H3,(H,38,44)(H,45,46)(H4,36,37,39). The maximum absolute atomic E-state index is 12.9. The lowest BCUT2D eigenvalue weighted by atomic mass is 9.92. The van der Waals surface area contributed by atoms with Crippen LogP contribution in [0.25, 0.3) is 11.3 Å². The molecule has 0 radical (unpaired) electrons. The molecule has 0 aliphatic carbocycles. The van der Waals surface area contributed by atoms with Gasteiger partial charge in [-0.15, -0.1) is 0 Å². The molecule has 1 aliphatic rings. The number of amides is 2. The number of aryl methyl sites for hydroxylation is 1. The number of carboxylic acids is 1. The number of nitrogens with zero attached hydrogens (tertiary/aromatic N) is 4. The van der Waals surface area contributed by atoms with Crippen LogP contribution in [0.2, 0.25) is 10.0 Å². The molecule has 12 nitrogen and oxygen atoms in total. The maximum atomic E-state index is 12.9. The molecule has 1 atom stereocenters. The third-order valence-electron chi connectivity index (χ3n) is 8.07. The number of piperidine rings is 1. The van der Waals surface area contributed by atoms with Crippen LogP contribution in [0.4, 0.5) is 0 Å². The van der Waals surface area contributed by atoms with Gasteiger partial charge < -0.3 is 31.5 Å². The summed E-state index contributed by atoms with van der Waals surface area (Å²) < 4.78 is 7.72. The van der Waals surface area contributed by atoms with E-state index in [2.05, 4.69) is 10.3 Å². The van der Waals surface area contributed by atoms with Crippen molar-refractivity contribution in [2.24, 2.45) is 29.4 Å². The molecule has 14 heteroatoms. The van der Waals surface area contributed by atoms with Gasteiger partial charge in [-0.05, 0) is 61.1 Å². The lowest BCUT2D eigenvalue weighted by Gasteiger charge is -2.32. The quantitative estimate of drug-likeness (QED) is 0.153. The monoisotopic (exact) mass is 685 g/mol. The molecular weight excluding hydrogens is 645 g/mol. The first kappa shape index (κ1) is 35.6. The molecule has 1 saturated heterocycles. The number of hydrogen-bond acceptors (Lipinski definition) is 6. The maximum Gasteiger partial charge on any atom is 0.335 e. The lowest BCUT2D eigenvalue weighted by molar-refractivity contribution is -0.134. The highest BCUT2D eigenvalue weighted by Gasteiger charge is 2.28. The van der Waals surface area contributed by atoms with Crippen molar-refractivity contribution in [2.45, 2.75) is 51.5 Å². The molecule has 0 bridgehead atoms. The summed E-state index contributed by atoms with van der Waals surface area (Å²) >= 11 is 13.3. The number of guanidine groups is 1. The van der Waals surface area contributed by atoms with E-state index in [9.17, 15) is 14.4 Å². The number of aromatic nitrogens is 2. The molecule has 2 heterocycles. The van der Waals surface area contributed by atoms with Crippen molar-refractivity contribution >= 4 is 46.9 Å². The number of hydrogen-bond donors (Lipinski definition) is 4.